The highest BCUT2D eigenvalue weighted by atomic mass is 127. The van der Waals surface area contributed by atoms with Gasteiger partial charge < -0.3 is 15.1 Å². The van der Waals surface area contributed by atoms with Crippen LogP contribution in [-0.4, -0.2) is 51.2 Å². The first-order valence-electron chi connectivity index (χ1n) is 26.1. The van der Waals surface area contributed by atoms with Crippen LogP contribution < -0.4 is 10.2 Å². The van der Waals surface area contributed by atoms with Gasteiger partial charge in [0, 0.05) is 90.5 Å². The molecule has 406 valence electrons. The van der Waals surface area contributed by atoms with Crippen molar-refractivity contribution < 1.29 is 0 Å². The fourth-order valence-electron chi connectivity index (χ4n) is 8.11. The number of rotatable bonds is 7. The summed E-state index contributed by atoms with van der Waals surface area (Å²) in [4.78, 5) is 13.8. The molecule has 2 aliphatic heterocycles. The molecule has 11 heteroatoms. The Balaban J connectivity index is 0.000000178. The number of likely N-dealkylation sites (N-methyl/N-ethyl adjacent to an activating group) is 1. The Kier molecular flexibility index (Phi) is 29.5. The first kappa shape index (κ1) is 64.9. The van der Waals surface area contributed by atoms with Crippen molar-refractivity contribution in [2.75, 3.05) is 51.2 Å². The van der Waals surface area contributed by atoms with Crippen molar-refractivity contribution >= 4 is 124 Å². The maximum Gasteiger partial charge on any atom is 0.0508 e. The van der Waals surface area contributed by atoms with Crippen molar-refractivity contribution in [2.45, 2.75) is 109 Å². The number of thiol groups is 1. The minimum Gasteiger partial charge on any atom is -0.371 e. The molecule has 2 heterocycles. The van der Waals surface area contributed by atoms with Crippen LogP contribution in [0.3, 0.4) is 0 Å². The van der Waals surface area contributed by atoms with Gasteiger partial charge in [0.1, 0.15) is 0 Å². The van der Waals surface area contributed by atoms with Crippen LogP contribution in [-0.2, 0) is 0 Å². The molecule has 0 saturated carbocycles. The Morgan fingerprint density at radius 3 is 1.16 bits per heavy atom. The van der Waals surface area contributed by atoms with Crippen molar-refractivity contribution in [1.29, 1.82) is 0 Å². The molecule has 0 radical (unpaired) electrons. The topological polar surface area (TPSA) is 18.5 Å². The molecule has 0 bridgehead atoms. The lowest BCUT2D eigenvalue weighted by molar-refractivity contribution is 0.291. The van der Waals surface area contributed by atoms with Gasteiger partial charge in [-0.05, 0) is 247 Å². The van der Waals surface area contributed by atoms with Gasteiger partial charge in [-0.2, -0.15) is 0 Å². The Labute approximate surface area is 520 Å². The summed E-state index contributed by atoms with van der Waals surface area (Å²) in [6, 6.07) is 59.7. The van der Waals surface area contributed by atoms with Crippen molar-refractivity contribution in [1.82, 2.24) is 10.2 Å². The number of para-hydroxylation sites is 1. The molecule has 2 aliphatic rings. The van der Waals surface area contributed by atoms with E-state index in [0.29, 0.717) is 0 Å². The molecule has 0 spiro atoms. The van der Waals surface area contributed by atoms with E-state index < -0.39 is 0 Å². The normalized spacial score (nSPS) is 12.9. The van der Waals surface area contributed by atoms with Gasteiger partial charge in [-0.1, -0.05) is 155 Å². The van der Waals surface area contributed by atoms with Crippen LogP contribution in [0.4, 0.5) is 5.69 Å². The summed E-state index contributed by atoms with van der Waals surface area (Å²) in [5, 5.41) is 3.27. The fourth-order valence-corrected chi connectivity index (χ4v) is 12.8. The highest BCUT2D eigenvalue weighted by Gasteiger charge is 2.15. The van der Waals surface area contributed by atoms with E-state index in [2.05, 4.69) is 294 Å². The second-order valence-corrected chi connectivity index (χ2v) is 26.7. The van der Waals surface area contributed by atoms with Gasteiger partial charge in [-0.15, -0.1) is 12.6 Å². The van der Waals surface area contributed by atoms with Gasteiger partial charge >= 0.3 is 0 Å². The Morgan fingerprint density at radius 2 is 0.792 bits per heavy atom. The molecular weight excluding hydrogens is 1330 g/mol. The average Bonchev–Trinajstić information content (AvgIpc) is 3.41. The summed E-state index contributed by atoms with van der Waals surface area (Å²) < 4.78 is 4.73. The lowest BCUT2D eigenvalue weighted by atomic mass is 10.1. The second-order valence-electron chi connectivity index (χ2n) is 19.2. The lowest BCUT2D eigenvalue weighted by Crippen LogP contribution is -2.40. The van der Waals surface area contributed by atoms with Crippen molar-refractivity contribution in [3.05, 3.63) is 231 Å². The van der Waals surface area contributed by atoms with Crippen LogP contribution >= 0.6 is 118 Å². The standard InChI is InChI=1S/C19H23NS.2C14H13BrS.C8H10S.C6H4BrI.C5H12N2/c1-15-10-11-18(16(2)14-15)21-19-9-5-4-8-17(19)20-12-6-3-7-13-20;2*1-10-7-8-13(11(2)9-10)16-14-6-4-3-5-12(14)15;1-6-3-4-8(9)7(2)5-6;7-5-3-1-2-4-6(5)8;1-7-4-2-6-3-5-7/h4-5,8-11,14H,3,6-7,12-13H2,1-2H3;2*3-9H,1-2H3;3-5,9H,1-2H3;1-4H;6H,2-5H2,1H3. The zero-order valence-corrected chi connectivity index (χ0v) is 56.4. The molecule has 0 aromatic heterocycles. The summed E-state index contributed by atoms with van der Waals surface area (Å²) in [6.45, 7) is 24.2. The molecule has 0 amide bonds. The zero-order chi connectivity index (χ0) is 55.7. The second kappa shape index (κ2) is 35.0. The molecule has 10 rings (SSSR count). The maximum absolute atomic E-state index is 4.25. The number of piperazine rings is 1. The van der Waals surface area contributed by atoms with E-state index in [9.17, 15) is 0 Å². The van der Waals surface area contributed by atoms with E-state index in [1.54, 1.807) is 23.5 Å². The molecule has 1 N–H and O–H groups in total. The van der Waals surface area contributed by atoms with Crippen LogP contribution in [0.15, 0.2) is 218 Å². The van der Waals surface area contributed by atoms with Gasteiger partial charge in [0.25, 0.3) is 0 Å². The number of hydrogen-bond donors (Lipinski definition) is 2. The Bertz CT molecular complexity index is 2950. The Morgan fingerprint density at radius 1 is 0.416 bits per heavy atom. The van der Waals surface area contributed by atoms with E-state index in [1.165, 1.54) is 133 Å². The number of anilines is 1. The third-order valence-electron chi connectivity index (χ3n) is 12.4. The van der Waals surface area contributed by atoms with Crippen molar-refractivity contribution in [3.63, 3.8) is 0 Å². The van der Waals surface area contributed by atoms with Gasteiger partial charge in [0.2, 0.25) is 0 Å². The minimum absolute atomic E-state index is 1.07. The van der Waals surface area contributed by atoms with Crippen LogP contribution in [0, 0.1) is 59.0 Å². The summed E-state index contributed by atoms with van der Waals surface area (Å²) in [7, 11) is 2.15. The van der Waals surface area contributed by atoms with Crippen LogP contribution in [0.1, 0.15) is 63.8 Å². The molecule has 8 aromatic rings. The van der Waals surface area contributed by atoms with Crippen LogP contribution in [0.2, 0.25) is 0 Å². The van der Waals surface area contributed by atoms with Crippen LogP contribution in [0.25, 0.3) is 0 Å². The SMILES string of the molecule is Brc1ccccc1I.CN1CCNCC1.Cc1ccc(S)c(C)c1.Cc1ccc(Sc2ccccc2Br)c(C)c1.Cc1ccc(Sc2ccccc2Br)c(C)c1.Cc1ccc(Sc2ccccc2N2CCCCC2)c(C)c1. The lowest BCUT2D eigenvalue weighted by Gasteiger charge is -2.30. The number of nitrogens with zero attached hydrogens (tertiary/aromatic N) is 2. The third-order valence-corrected chi connectivity index (χ3v) is 20.9. The van der Waals surface area contributed by atoms with E-state index in [4.69, 9.17) is 0 Å². The minimum atomic E-state index is 1.07. The largest absolute Gasteiger partial charge is 0.371 e. The summed E-state index contributed by atoms with van der Waals surface area (Å²) in [5.74, 6) is 0. The zero-order valence-electron chi connectivity index (χ0n) is 46.1. The summed E-state index contributed by atoms with van der Waals surface area (Å²) in [6.07, 6.45) is 4.02. The number of aryl methyl sites for hydroxylation is 8. The molecular formula is C66H75Br3IN3S4. The predicted molar refractivity (Wildman–Crippen MR) is 361 cm³/mol. The number of piperidine rings is 1. The van der Waals surface area contributed by atoms with Crippen molar-refractivity contribution in [3.8, 4) is 0 Å². The third kappa shape index (κ3) is 23.6. The first-order valence-corrected chi connectivity index (χ1v) is 32.5. The fraction of sp³-hybridized carbons (Fsp3) is 0.273. The van der Waals surface area contributed by atoms with Gasteiger partial charge in [-0.25, -0.2) is 0 Å². The average molecular weight is 1410 g/mol. The van der Waals surface area contributed by atoms with E-state index in [0.717, 1.165) is 26.9 Å². The highest BCUT2D eigenvalue weighted by molar-refractivity contribution is 14.1. The van der Waals surface area contributed by atoms with Gasteiger partial charge in [0.15, 0.2) is 0 Å². The number of benzene rings is 8. The van der Waals surface area contributed by atoms with E-state index in [-0.39, 0.29) is 0 Å². The van der Waals surface area contributed by atoms with Gasteiger partial charge in [0.05, 0.1) is 5.69 Å². The maximum atomic E-state index is 4.25. The molecule has 0 atom stereocenters. The molecule has 2 saturated heterocycles. The van der Waals surface area contributed by atoms with Crippen molar-refractivity contribution in [2.24, 2.45) is 0 Å². The Hall–Kier alpha value is -2.95. The molecule has 0 aliphatic carbocycles. The number of halogens is 4. The van der Waals surface area contributed by atoms with Crippen LogP contribution in [0.5, 0.6) is 0 Å². The molecule has 8 aromatic carbocycles. The number of hydrogen-bond acceptors (Lipinski definition) is 7. The van der Waals surface area contributed by atoms with E-state index in [1.807, 2.05) is 48.2 Å². The number of nitrogens with one attached hydrogen (secondary N) is 1. The highest BCUT2D eigenvalue weighted by Crippen LogP contribution is 2.39. The summed E-state index contributed by atoms with van der Waals surface area (Å²) >= 11 is 22.6. The molecule has 0 unspecified atom stereocenters. The first-order chi connectivity index (χ1) is 37.0. The monoisotopic (exact) mass is 1400 g/mol. The molecule has 77 heavy (non-hydrogen) atoms. The van der Waals surface area contributed by atoms with Gasteiger partial charge in [-0.3, -0.25) is 0 Å². The quantitative estimate of drug-likeness (QED) is 0.121. The molecule has 3 nitrogen and oxygen atoms in total. The van der Waals surface area contributed by atoms with E-state index >= 15 is 0 Å². The predicted octanol–water partition coefficient (Wildman–Crippen LogP) is 21.0. The molecule has 2 fully saturated rings. The smallest absolute Gasteiger partial charge is 0.0508 e. The summed E-state index contributed by atoms with van der Waals surface area (Å²) in [5.41, 5.74) is 11.9.